The Kier molecular flexibility index (Phi) is 12.0. The van der Waals surface area contributed by atoms with Crippen molar-refractivity contribution in [2.24, 2.45) is 5.92 Å². The molecule has 0 saturated heterocycles. The summed E-state index contributed by atoms with van der Waals surface area (Å²) in [4.78, 5) is 20.9. The number of carboxylic acids is 1. The molecular formula is C16H33O4P. The van der Waals surface area contributed by atoms with Gasteiger partial charge in [0.25, 0.3) is 0 Å². The molecule has 0 aliphatic carbocycles. The van der Waals surface area contributed by atoms with E-state index in [1.165, 1.54) is 32.1 Å². The smallest absolute Gasteiger partial charge is 0.307 e. The molecule has 21 heavy (non-hydrogen) atoms. The minimum absolute atomic E-state index is 0.0628. The fraction of sp³-hybridized carbons (Fsp3) is 0.938. The van der Waals surface area contributed by atoms with E-state index in [1.807, 2.05) is 6.92 Å². The van der Waals surface area contributed by atoms with Crippen LogP contribution in [0.25, 0.3) is 0 Å². The minimum Gasteiger partial charge on any atom is -0.481 e. The van der Waals surface area contributed by atoms with Gasteiger partial charge in [-0.15, -0.1) is 0 Å². The number of aliphatic carboxylic acids is 1. The zero-order chi connectivity index (χ0) is 16.1. The zero-order valence-corrected chi connectivity index (χ0v) is 14.6. The van der Waals surface area contributed by atoms with E-state index in [2.05, 4.69) is 6.92 Å². The Morgan fingerprint density at radius 1 is 0.952 bits per heavy atom. The summed E-state index contributed by atoms with van der Waals surface area (Å²) >= 11 is 0. The maximum atomic E-state index is 11.9. The van der Waals surface area contributed by atoms with Gasteiger partial charge in [0.05, 0.1) is 5.92 Å². The average molecular weight is 320 g/mol. The summed E-state index contributed by atoms with van der Waals surface area (Å²) in [5.41, 5.74) is 0. The monoisotopic (exact) mass is 320 g/mol. The van der Waals surface area contributed by atoms with E-state index in [1.54, 1.807) is 0 Å². The lowest BCUT2D eigenvalue weighted by molar-refractivity contribution is -0.141. The van der Waals surface area contributed by atoms with E-state index in [0.717, 1.165) is 19.3 Å². The topological polar surface area (TPSA) is 74.6 Å². The van der Waals surface area contributed by atoms with Crippen LogP contribution in [0, 0.1) is 5.92 Å². The number of carbonyl (C=O) groups is 1. The molecule has 0 aromatic rings. The van der Waals surface area contributed by atoms with Gasteiger partial charge in [0.15, 0.2) is 0 Å². The molecule has 0 aromatic heterocycles. The first-order valence-electron chi connectivity index (χ1n) is 8.46. The molecule has 0 saturated carbocycles. The molecule has 2 N–H and O–H groups in total. The van der Waals surface area contributed by atoms with Gasteiger partial charge in [-0.3, -0.25) is 9.36 Å². The van der Waals surface area contributed by atoms with Crippen molar-refractivity contribution in [2.75, 3.05) is 12.3 Å². The van der Waals surface area contributed by atoms with Gasteiger partial charge < -0.3 is 10.00 Å². The summed E-state index contributed by atoms with van der Waals surface area (Å²) in [6.07, 6.45) is 10.6. The maximum Gasteiger partial charge on any atom is 0.307 e. The third kappa shape index (κ3) is 11.9. The highest BCUT2D eigenvalue weighted by atomic mass is 31.2. The lowest BCUT2D eigenvalue weighted by atomic mass is 10.0. The number of rotatable bonds is 14. The van der Waals surface area contributed by atoms with Crippen LogP contribution in [-0.2, 0) is 9.36 Å². The quantitative estimate of drug-likeness (QED) is 0.353. The second-order valence-electron chi connectivity index (χ2n) is 6.05. The van der Waals surface area contributed by atoms with E-state index < -0.39 is 19.3 Å². The van der Waals surface area contributed by atoms with Crippen molar-refractivity contribution < 1.29 is 19.4 Å². The van der Waals surface area contributed by atoms with Crippen LogP contribution in [0.4, 0.5) is 0 Å². The summed E-state index contributed by atoms with van der Waals surface area (Å²) in [5, 5.41) is 9.17. The lowest BCUT2D eigenvalue weighted by Crippen LogP contribution is -2.19. The molecule has 0 aliphatic rings. The number of unbranched alkanes of at least 4 members (excludes halogenated alkanes) is 7. The third-order valence-electron chi connectivity index (χ3n) is 3.83. The number of hydrogen-bond acceptors (Lipinski definition) is 2. The molecule has 0 spiro atoms. The first-order valence-corrected chi connectivity index (χ1v) is 10.5. The molecule has 4 nitrogen and oxygen atoms in total. The molecule has 0 aliphatic heterocycles. The van der Waals surface area contributed by atoms with Crippen molar-refractivity contribution in [2.45, 2.75) is 78.1 Å². The molecule has 0 bridgehead atoms. The Bertz CT molecular complexity index is 317. The first kappa shape index (κ1) is 20.7. The molecular weight excluding hydrogens is 287 g/mol. The van der Waals surface area contributed by atoms with Gasteiger partial charge in [-0.1, -0.05) is 65.2 Å². The van der Waals surface area contributed by atoms with Gasteiger partial charge in [0.2, 0.25) is 7.37 Å². The second-order valence-corrected chi connectivity index (χ2v) is 8.56. The minimum atomic E-state index is -3.26. The standard InChI is InChI=1S/C16H33O4P/c1-3-5-6-7-8-9-10-11-12-15(16(17)18)14-21(19,20)13-4-2/h15H,3-14H2,1-2H3,(H,17,18)(H,19,20). The van der Waals surface area contributed by atoms with Gasteiger partial charge in [0, 0.05) is 12.3 Å². The van der Waals surface area contributed by atoms with Crippen molar-refractivity contribution in [1.82, 2.24) is 0 Å². The van der Waals surface area contributed by atoms with Crippen LogP contribution in [0.1, 0.15) is 78.1 Å². The summed E-state index contributed by atoms with van der Waals surface area (Å²) in [6, 6.07) is 0. The predicted molar refractivity (Wildman–Crippen MR) is 88.2 cm³/mol. The second kappa shape index (κ2) is 12.2. The van der Waals surface area contributed by atoms with Crippen molar-refractivity contribution in [3.05, 3.63) is 0 Å². The molecule has 0 radical (unpaired) electrons. The number of hydrogen-bond donors (Lipinski definition) is 2. The summed E-state index contributed by atoms with van der Waals surface area (Å²) in [7, 11) is -3.26. The van der Waals surface area contributed by atoms with Gasteiger partial charge >= 0.3 is 5.97 Å². The van der Waals surface area contributed by atoms with Crippen molar-refractivity contribution in [1.29, 1.82) is 0 Å². The van der Waals surface area contributed by atoms with Crippen LogP contribution < -0.4 is 0 Å². The third-order valence-corrected chi connectivity index (χ3v) is 5.99. The maximum absolute atomic E-state index is 11.9. The fourth-order valence-electron chi connectivity index (χ4n) is 2.60. The van der Waals surface area contributed by atoms with E-state index in [0.29, 0.717) is 12.8 Å². The SMILES string of the molecule is CCCCCCCCCCC(CP(=O)(O)CCC)C(=O)O. The highest BCUT2D eigenvalue weighted by Crippen LogP contribution is 2.43. The molecule has 2 unspecified atom stereocenters. The fourth-order valence-corrected chi connectivity index (χ4v) is 4.51. The highest BCUT2D eigenvalue weighted by Gasteiger charge is 2.27. The molecule has 126 valence electrons. The van der Waals surface area contributed by atoms with Gasteiger partial charge in [-0.2, -0.15) is 0 Å². The van der Waals surface area contributed by atoms with Crippen LogP contribution in [0.5, 0.6) is 0 Å². The molecule has 0 amide bonds. The first-order chi connectivity index (χ1) is 9.93. The Morgan fingerprint density at radius 3 is 1.95 bits per heavy atom. The molecule has 0 fully saturated rings. The van der Waals surface area contributed by atoms with Crippen molar-refractivity contribution >= 4 is 13.3 Å². The summed E-state index contributed by atoms with van der Waals surface area (Å²) in [5.74, 6) is -1.59. The number of carboxylic acid groups (broad SMARTS) is 1. The zero-order valence-electron chi connectivity index (χ0n) is 13.7. The van der Waals surface area contributed by atoms with Crippen molar-refractivity contribution in [3.63, 3.8) is 0 Å². The van der Waals surface area contributed by atoms with Crippen LogP contribution in [0.3, 0.4) is 0 Å². The van der Waals surface area contributed by atoms with E-state index in [4.69, 9.17) is 0 Å². The van der Waals surface area contributed by atoms with Crippen molar-refractivity contribution in [3.8, 4) is 0 Å². The lowest BCUT2D eigenvalue weighted by Gasteiger charge is -2.16. The van der Waals surface area contributed by atoms with E-state index in [9.17, 15) is 19.4 Å². The molecule has 5 heteroatoms. The van der Waals surface area contributed by atoms with Gasteiger partial charge in [0.1, 0.15) is 0 Å². The van der Waals surface area contributed by atoms with Gasteiger partial charge in [-0.25, -0.2) is 0 Å². The highest BCUT2D eigenvalue weighted by molar-refractivity contribution is 7.58. The summed E-state index contributed by atoms with van der Waals surface area (Å²) in [6.45, 7) is 4.04. The Hall–Kier alpha value is -0.340. The Balaban J connectivity index is 3.86. The van der Waals surface area contributed by atoms with E-state index >= 15 is 0 Å². The van der Waals surface area contributed by atoms with E-state index in [-0.39, 0.29) is 12.3 Å². The normalized spacial score (nSPS) is 15.6. The van der Waals surface area contributed by atoms with Gasteiger partial charge in [-0.05, 0) is 12.8 Å². The molecule has 0 aromatic carbocycles. The molecule has 0 heterocycles. The Labute approximate surface area is 129 Å². The predicted octanol–water partition coefficient (Wildman–Crippen LogP) is 4.90. The molecule has 2 atom stereocenters. The van der Waals surface area contributed by atoms with Crippen LogP contribution >= 0.6 is 7.37 Å². The average Bonchev–Trinajstić information content (AvgIpc) is 2.40. The van der Waals surface area contributed by atoms with Crippen LogP contribution in [0.2, 0.25) is 0 Å². The largest absolute Gasteiger partial charge is 0.481 e. The molecule has 0 rings (SSSR count). The summed E-state index contributed by atoms with van der Waals surface area (Å²) < 4.78 is 11.9. The van der Waals surface area contributed by atoms with Crippen LogP contribution in [-0.4, -0.2) is 28.3 Å². The van der Waals surface area contributed by atoms with Crippen LogP contribution in [0.15, 0.2) is 0 Å². The Morgan fingerprint density at radius 2 is 1.48 bits per heavy atom.